The number of benzene rings is 1. The van der Waals surface area contributed by atoms with Crippen molar-refractivity contribution in [2.24, 2.45) is 0 Å². The Morgan fingerprint density at radius 1 is 1.29 bits per heavy atom. The second-order valence-corrected chi connectivity index (χ2v) is 5.59. The third kappa shape index (κ3) is 6.14. The van der Waals surface area contributed by atoms with E-state index in [1.54, 1.807) is 0 Å². The molecular weight excluding hydrogens is 264 g/mol. The topological polar surface area (TPSA) is 61.6 Å². The molecule has 5 nitrogen and oxygen atoms in total. The van der Waals surface area contributed by atoms with E-state index in [-0.39, 0.29) is 5.91 Å². The third-order valence-corrected chi connectivity index (χ3v) is 3.54. The highest BCUT2D eigenvalue weighted by atomic mass is 16.2. The Hall–Kier alpha value is -1.59. The molecule has 0 saturated heterocycles. The molecule has 0 atom stereocenters. The average Bonchev–Trinajstić information content (AvgIpc) is 2.42. The number of hydrogen-bond donors (Lipinski definition) is 2. The number of amides is 1. The fourth-order valence-corrected chi connectivity index (χ4v) is 2.14. The summed E-state index contributed by atoms with van der Waals surface area (Å²) in [5, 5.41) is 2.94. The Morgan fingerprint density at radius 2 is 2.00 bits per heavy atom. The minimum Gasteiger partial charge on any atom is -0.398 e. The number of anilines is 2. The van der Waals surface area contributed by atoms with E-state index >= 15 is 0 Å². The monoisotopic (exact) mass is 292 g/mol. The lowest BCUT2D eigenvalue weighted by atomic mass is 10.1. The van der Waals surface area contributed by atoms with E-state index in [9.17, 15) is 4.79 Å². The maximum atomic E-state index is 12.1. The van der Waals surface area contributed by atoms with Gasteiger partial charge in [-0.2, -0.15) is 0 Å². The summed E-state index contributed by atoms with van der Waals surface area (Å²) in [6.45, 7) is 7.24. The molecule has 1 amide bonds. The molecule has 0 heterocycles. The molecule has 0 aliphatic carbocycles. The molecule has 3 N–H and O–H groups in total. The lowest BCUT2D eigenvalue weighted by Crippen LogP contribution is -2.35. The number of nitrogens with zero attached hydrogens (tertiary/aromatic N) is 2. The number of nitrogen functional groups attached to an aromatic ring is 1. The van der Waals surface area contributed by atoms with Crippen molar-refractivity contribution in [3.63, 3.8) is 0 Å². The minimum absolute atomic E-state index is 0.00963. The van der Waals surface area contributed by atoms with Gasteiger partial charge in [0, 0.05) is 11.4 Å². The summed E-state index contributed by atoms with van der Waals surface area (Å²) in [7, 11) is 4.12. The van der Waals surface area contributed by atoms with Crippen LogP contribution >= 0.6 is 0 Å². The van der Waals surface area contributed by atoms with Crippen LogP contribution < -0.4 is 11.1 Å². The number of likely N-dealkylation sites (N-methyl/N-ethyl adjacent to an activating group) is 1. The zero-order chi connectivity index (χ0) is 15.8. The number of hydrogen-bond acceptors (Lipinski definition) is 4. The maximum absolute atomic E-state index is 12.1. The minimum atomic E-state index is 0.00963. The van der Waals surface area contributed by atoms with E-state index in [1.807, 2.05) is 25.1 Å². The Balaban J connectivity index is 2.49. The summed E-state index contributed by atoms with van der Waals surface area (Å²) in [6, 6.07) is 5.57. The molecule has 0 fully saturated rings. The van der Waals surface area contributed by atoms with Crippen molar-refractivity contribution in [3.05, 3.63) is 23.8 Å². The molecule has 0 bridgehead atoms. The van der Waals surface area contributed by atoms with Gasteiger partial charge in [0.1, 0.15) is 0 Å². The van der Waals surface area contributed by atoms with Gasteiger partial charge in [0.25, 0.3) is 0 Å². The predicted octanol–water partition coefficient (Wildman–Crippen LogP) is 1.79. The van der Waals surface area contributed by atoms with Crippen molar-refractivity contribution >= 4 is 17.3 Å². The standard InChI is InChI=1S/C16H28N4O/c1-5-20(11-7-10-19(3)4)12-16(21)18-15-9-6-8-14(17)13(15)2/h6,8-9H,5,7,10-12,17H2,1-4H3,(H,18,21). The SMILES string of the molecule is CCN(CCCN(C)C)CC(=O)Nc1cccc(N)c1C. The lowest BCUT2D eigenvalue weighted by Gasteiger charge is -2.21. The summed E-state index contributed by atoms with van der Waals surface area (Å²) in [4.78, 5) is 16.4. The average molecular weight is 292 g/mol. The number of nitrogens with two attached hydrogens (primary N) is 1. The normalized spacial score (nSPS) is 11.1. The van der Waals surface area contributed by atoms with Crippen molar-refractivity contribution in [1.29, 1.82) is 0 Å². The van der Waals surface area contributed by atoms with Crippen LogP contribution in [0.25, 0.3) is 0 Å². The lowest BCUT2D eigenvalue weighted by molar-refractivity contribution is -0.117. The van der Waals surface area contributed by atoms with Crippen LogP contribution in [0, 0.1) is 6.92 Å². The van der Waals surface area contributed by atoms with Crippen molar-refractivity contribution in [2.75, 3.05) is 51.3 Å². The molecule has 118 valence electrons. The molecule has 1 aromatic rings. The van der Waals surface area contributed by atoms with Crippen molar-refractivity contribution in [2.45, 2.75) is 20.3 Å². The van der Waals surface area contributed by atoms with Gasteiger partial charge < -0.3 is 16.0 Å². The molecule has 0 spiro atoms. The van der Waals surface area contributed by atoms with Crippen LogP contribution in [0.5, 0.6) is 0 Å². The largest absolute Gasteiger partial charge is 0.398 e. The zero-order valence-electron chi connectivity index (χ0n) is 13.6. The molecule has 0 aliphatic rings. The summed E-state index contributed by atoms with van der Waals surface area (Å²) in [5.74, 6) is 0.00963. The fourth-order valence-electron chi connectivity index (χ4n) is 2.14. The van der Waals surface area contributed by atoms with E-state index in [0.29, 0.717) is 12.2 Å². The first-order chi connectivity index (χ1) is 9.93. The van der Waals surface area contributed by atoms with Crippen LogP contribution in [0.1, 0.15) is 18.9 Å². The molecule has 0 aromatic heterocycles. The van der Waals surface area contributed by atoms with E-state index in [0.717, 1.165) is 37.3 Å². The second-order valence-electron chi connectivity index (χ2n) is 5.59. The van der Waals surface area contributed by atoms with E-state index in [2.05, 4.69) is 36.1 Å². The molecular formula is C16H28N4O. The summed E-state index contributed by atoms with van der Waals surface area (Å²) >= 11 is 0. The molecule has 1 rings (SSSR count). The van der Waals surface area contributed by atoms with Gasteiger partial charge in [-0.25, -0.2) is 0 Å². The second kappa shape index (κ2) is 8.64. The molecule has 0 radical (unpaired) electrons. The Kier molecular flexibility index (Phi) is 7.19. The van der Waals surface area contributed by atoms with Gasteiger partial charge in [-0.1, -0.05) is 13.0 Å². The van der Waals surface area contributed by atoms with Crippen molar-refractivity contribution in [1.82, 2.24) is 9.80 Å². The van der Waals surface area contributed by atoms with Crippen LogP contribution in [0.15, 0.2) is 18.2 Å². The quantitative estimate of drug-likeness (QED) is 0.717. The Morgan fingerprint density at radius 3 is 2.62 bits per heavy atom. The number of rotatable bonds is 8. The van der Waals surface area contributed by atoms with Crippen LogP contribution in [0.4, 0.5) is 11.4 Å². The predicted molar refractivity (Wildman–Crippen MR) is 89.5 cm³/mol. The van der Waals surface area contributed by atoms with Crippen LogP contribution in [-0.4, -0.2) is 56.0 Å². The maximum Gasteiger partial charge on any atom is 0.238 e. The molecule has 5 heteroatoms. The van der Waals surface area contributed by atoms with E-state index in [4.69, 9.17) is 5.73 Å². The Bertz CT molecular complexity index is 460. The van der Waals surface area contributed by atoms with Crippen LogP contribution in [-0.2, 0) is 4.79 Å². The number of carbonyl (C=O) groups excluding carboxylic acids is 1. The van der Waals surface area contributed by atoms with Crippen molar-refractivity contribution < 1.29 is 4.79 Å². The summed E-state index contributed by atoms with van der Waals surface area (Å²) < 4.78 is 0. The zero-order valence-corrected chi connectivity index (χ0v) is 13.6. The number of nitrogens with one attached hydrogen (secondary N) is 1. The highest BCUT2D eigenvalue weighted by Gasteiger charge is 2.11. The van der Waals surface area contributed by atoms with Gasteiger partial charge >= 0.3 is 0 Å². The summed E-state index contributed by atoms with van der Waals surface area (Å²) in [5.41, 5.74) is 8.27. The highest BCUT2D eigenvalue weighted by molar-refractivity contribution is 5.93. The molecule has 1 aromatic carbocycles. The fraction of sp³-hybridized carbons (Fsp3) is 0.562. The van der Waals surface area contributed by atoms with Crippen molar-refractivity contribution in [3.8, 4) is 0 Å². The first-order valence-corrected chi connectivity index (χ1v) is 7.46. The van der Waals surface area contributed by atoms with Gasteiger partial charge in [0.2, 0.25) is 5.91 Å². The number of carbonyl (C=O) groups is 1. The smallest absolute Gasteiger partial charge is 0.238 e. The third-order valence-electron chi connectivity index (χ3n) is 3.54. The van der Waals surface area contributed by atoms with E-state index < -0.39 is 0 Å². The molecule has 21 heavy (non-hydrogen) atoms. The first-order valence-electron chi connectivity index (χ1n) is 7.46. The van der Waals surface area contributed by atoms with Gasteiger partial charge in [-0.3, -0.25) is 9.69 Å². The molecule has 0 aliphatic heterocycles. The van der Waals surface area contributed by atoms with Gasteiger partial charge in [-0.05, 0) is 64.8 Å². The summed E-state index contributed by atoms with van der Waals surface area (Å²) in [6.07, 6.45) is 1.06. The Labute approximate surface area is 128 Å². The highest BCUT2D eigenvalue weighted by Crippen LogP contribution is 2.20. The van der Waals surface area contributed by atoms with Crippen LogP contribution in [0.3, 0.4) is 0 Å². The van der Waals surface area contributed by atoms with Gasteiger partial charge in [0.05, 0.1) is 6.54 Å². The molecule has 0 saturated carbocycles. The van der Waals surface area contributed by atoms with Gasteiger partial charge in [-0.15, -0.1) is 0 Å². The van der Waals surface area contributed by atoms with Crippen LogP contribution in [0.2, 0.25) is 0 Å². The van der Waals surface area contributed by atoms with E-state index in [1.165, 1.54) is 0 Å². The molecule has 0 unspecified atom stereocenters. The first kappa shape index (κ1) is 17.5. The van der Waals surface area contributed by atoms with Gasteiger partial charge in [0.15, 0.2) is 0 Å².